The molecule has 0 spiro atoms. The van der Waals surface area contributed by atoms with Gasteiger partial charge in [-0.3, -0.25) is 0 Å². The molecule has 0 amide bonds. The molecular weight excluding hydrogens is 264 g/mol. The number of nitrogens with one attached hydrogen (secondary N) is 1. The molecule has 0 saturated heterocycles. The molecule has 0 aliphatic heterocycles. The van der Waals surface area contributed by atoms with Crippen molar-refractivity contribution in [2.24, 2.45) is 0 Å². The molecule has 2 aromatic rings. The van der Waals surface area contributed by atoms with E-state index in [9.17, 15) is 0 Å². The average molecular weight is 290 g/mol. The van der Waals surface area contributed by atoms with E-state index in [0.29, 0.717) is 6.04 Å². The van der Waals surface area contributed by atoms with E-state index in [1.807, 2.05) is 11.3 Å². The summed E-state index contributed by atoms with van der Waals surface area (Å²) in [5.41, 5.74) is 1.44. The third-order valence-electron chi connectivity index (χ3n) is 3.87. The van der Waals surface area contributed by atoms with Crippen molar-refractivity contribution >= 4 is 21.4 Å². The van der Waals surface area contributed by atoms with Gasteiger partial charge in [0.1, 0.15) is 0 Å². The fraction of sp³-hybridized carbons (Fsp3) is 0.529. The Hall–Kier alpha value is -0.900. The van der Waals surface area contributed by atoms with E-state index in [2.05, 4.69) is 60.8 Å². The van der Waals surface area contributed by atoms with Crippen LogP contribution in [0.5, 0.6) is 0 Å². The summed E-state index contributed by atoms with van der Waals surface area (Å²) in [5.74, 6) is 0. The highest BCUT2D eigenvalue weighted by atomic mass is 32.1. The molecule has 0 bridgehead atoms. The lowest BCUT2D eigenvalue weighted by Gasteiger charge is -2.20. The fourth-order valence-corrected chi connectivity index (χ4v) is 3.22. The minimum Gasteiger partial charge on any atom is -0.313 e. The lowest BCUT2D eigenvalue weighted by Crippen LogP contribution is -2.27. The fourth-order valence-electron chi connectivity index (χ4n) is 2.26. The third kappa shape index (κ3) is 4.30. The average Bonchev–Trinajstić information content (AvgIpc) is 2.85. The maximum Gasteiger partial charge on any atom is 0.0346 e. The van der Waals surface area contributed by atoms with Crippen molar-refractivity contribution in [1.82, 2.24) is 10.2 Å². The number of fused-ring (bicyclic) bond motifs is 1. The first-order valence-electron chi connectivity index (χ1n) is 7.54. The summed E-state index contributed by atoms with van der Waals surface area (Å²) in [7, 11) is 2.20. The highest BCUT2D eigenvalue weighted by molar-refractivity contribution is 7.17. The highest BCUT2D eigenvalue weighted by Gasteiger charge is 2.03. The van der Waals surface area contributed by atoms with Gasteiger partial charge in [0.2, 0.25) is 0 Å². The Morgan fingerprint density at radius 3 is 2.80 bits per heavy atom. The standard InChI is InChI=1S/C17H26N2S/c1-14(2)19(3)11-7-6-10-18-12-15-13-20-17-9-5-4-8-16(15)17/h4-5,8-9,13-14,18H,6-7,10-12H2,1-3H3. The smallest absolute Gasteiger partial charge is 0.0346 e. The number of rotatable bonds is 8. The maximum absolute atomic E-state index is 3.57. The molecule has 0 unspecified atom stereocenters. The summed E-state index contributed by atoms with van der Waals surface area (Å²) in [6.07, 6.45) is 2.52. The SMILES string of the molecule is CC(C)N(C)CCCCNCc1csc2ccccc12. The Labute approximate surface area is 126 Å². The van der Waals surface area contributed by atoms with Crippen LogP contribution >= 0.6 is 11.3 Å². The number of unbranched alkanes of at least 4 members (excludes halogenated alkanes) is 1. The van der Waals surface area contributed by atoms with Crippen molar-refractivity contribution in [3.8, 4) is 0 Å². The molecule has 20 heavy (non-hydrogen) atoms. The van der Waals surface area contributed by atoms with E-state index in [0.717, 1.165) is 13.1 Å². The van der Waals surface area contributed by atoms with Crippen molar-refractivity contribution in [1.29, 1.82) is 0 Å². The van der Waals surface area contributed by atoms with Crippen LogP contribution in [0.3, 0.4) is 0 Å². The highest BCUT2D eigenvalue weighted by Crippen LogP contribution is 2.25. The summed E-state index contributed by atoms with van der Waals surface area (Å²) in [6, 6.07) is 9.31. The summed E-state index contributed by atoms with van der Waals surface area (Å²) < 4.78 is 1.39. The predicted molar refractivity (Wildman–Crippen MR) is 90.5 cm³/mol. The van der Waals surface area contributed by atoms with Crippen LogP contribution in [0, 0.1) is 0 Å². The summed E-state index contributed by atoms with van der Waals surface area (Å²) in [4.78, 5) is 2.41. The van der Waals surface area contributed by atoms with Gasteiger partial charge in [-0.1, -0.05) is 18.2 Å². The zero-order chi connectivity index (χ0) is 14.4. The first-order chi connectivity index (χ1) is 9.68. The Kier molecular flexibility index (Phi) is 6.02. The molecule has 0 saturated carbocycles. The van der Waals surface area contributed by atoms with Gasteiger partial charge in [0.05, 0.1) is 0 Å². The lowest BCUT2D eigenvalue weighted by atomic mass is 10.2. The minimum atomic E-state index is 0.653. The van der Waals surface area contributed by atoms with Crippen LogP contribution in [0.2, 0.25) is 0 Å². The zero-order valence-corrected chi connectivity index (χ0v) is 13.7. The van der Waals surface area contributed by atoms with Gasteiger partial charge in [-0.25, -0.2) is 0 Å². The van der Waals surface area contributed by atoms with Crippen molar-refractivity contribution < 1.29 is 0 Å². The molecule has 2 nitrogen and oxygen atoms in total. The van der Waals surface area contributed by atoms with E-state index < -0.39 is 0 Å². The van der Waals surface area contributed by atoms with Crippen molar-refractivity contribution in [3.63, 3.8) is 0 Å². The van der Waals surface area contributed by atoms with Crippen LogP contribution in [0.25, 0.3) is 10.1 Å². The van der Waals surface area contributed by atoms with Gasteiger partial charge < -0.3 is 10.2 Å². The van der Waals surface area contributed by atoms with E-state index in [1.54, 1.807) is 0 Å². The molecule has 110 valence electrons. The van der Waals surface area contributed by atoms with Crippen LogP contribution in [-0.2, 0) is 6.54 Å². The van der Waals surface area contributed by atoms with E-state index in [4.69, 9.17) is 0 Å². The number of nitrogens with zero attached hydrogens (tertiary/aromatic N) is 1. The van der Waals surface area contributed by atoms with Crippen LogP contribution in [-0.4, -0.2) is 31.1 Å². The summed E-state index contributed by atoms with van der Waals surface area (Å²) in [5, 5.41) is 7.26. The molecule has 3 heteroatoms. The molecule has 0 aliphatic rings. The largest absolute Gasteiger partial charge is 0.313 e. The quantitative estimate of drug-likeness (QED) is 0.736. The Balaban J connectivity index is 1.66. The normalized spacial score (nSPS) is 11.8. The molecule has 0 fully saturated rings. The predicted octanol–water partition coefficient (Wildman–Crippen LogP) is 4.11. The lowest BCUT2D eigenvalue weighted by molar-refractivity contribution is 0.268. The van der Waals surface area contributed by atoms with Gasteiger partial charge in [-0.15, -0.1) is 11.3 Å². The van der Waals surface area contributed by atoms with Gasteiger partial charge >= 0.3 is 0 Å². The second-order valence-electron chi connectivity index (χ2n) is 5.72. The molecule has 0 atom stereocenters. The molecular formula is C17H26N2S. The van der Waals surface area contributed by atoms with Crippen molar-refractivity contribution in [2.75, 3.05) is 20.1 Å². The Morgan fingerprint density at radius 1 is 1.20 bits per heavy atom. The maximum atomic E-state index is 3.57. The molecule has 1 aromatic heterocycles. The van der Waals surface area contributed by atoms with E-state index in [1.165, 1.54) is 35.0 Å². The van der Waals surface area contributed by atoms with Gasteiger partial charge in [-0.05, 0) is 69.2 Å². The third-order valence-corrected chi connectivity index (χ3v) is 4.88. The first-order valence-corrected chi connectivity index (χ1v) is 8.42. The Bertz CT molecular complexity index is 518. The molecule has 1 N–H and O–H groups in total. The van der Waals surface area contributed by atoms with Crippen molar-refractivity contribution in [2.45, 2.75) is 39.3 Å². The van der Waals surface area contributed by atoms with Crippen LogP contribution < -0.4 is 5.32 Å². The molecule has 1 heterocycles. The van der Waals surface area contributed by atoms with Crippen LogP contribution in [0.15, 0.2) is 29.6 Å². The van der Waals surface area contributed by atoms with E-state index in [-0.39, 0.29) is 0 Å². The van der Waals surface area contributed by atoms with Crippen molar-refractivity contribution in [3.05, 3.63) is 35.2 Å². The second kappa shape index (κ2) is 7.77. The molecule has 0 aliphatic carbocycles. The van der Waals surface area contributed by atoms with Gasteiger partial charge in [0.15, 0.2) is 0 Å². The van der Waals surface area contributed by atoms with Gasteiger partial charge in [0.25, 0.3) is 0 Å². The van der Waals surface area contributed by atoms with Gasteiger partial charge in [-0.2, -0.15) is 0 Å². The molecule has 0 radical (unpaired) electrons. The molecule has 2 rings (SSSR count). The summed E-state index contributed by atoms with van der Waals surface area (Å²) >= 11 is 1.84. The first kappa shape index (κ1) is 15.5. The number of hydrogen-bond acceptors (Lipinski definition) is 3. The Morgan fingerprint density at radius 2 is 2.00 bits per heavy atom. The van der Waals surface area contributed by atoms with E-state index >= 15 is 0 Å². The second-order valence-corrected chi connectivity index (χ2v) is 6.63. The number of hydrogen-bond donors (Lipinski definition) is 1. The molecule has 1 aromatic carbocycles. The minimum absolute atomic E-state index is 0.653. The topological polar surface area (TPSA) is 15.3 Å². The monoisotopic (exact) mass is 290 g/mol. The summed E-state index contributed by atoms with van der Waals surface area (Å²) in [6.45, 7) is 7.79. The van der Waals surface area contributed by atoms with Gasteiger partial charge in [0, 0.05) is 17.3 Å². The number of thiophene rings is 1. The van der Waals surface area contributed by atoms with Crippen LogP contribution in [0.1, 0.15) is 32.3 Å². The number of benzene rings is 1. The van der Waals surface area contributed by atoms with Crippen LogP contribution in [0.4, 0.5) is 0 Å². The zero-order valence-electron chi connectivity index (χ0n) is 12.9.